The van der Waals surface area contributed by atoms with E-state index in [4.69, 9.17) is 0 Å². The highest BCUT2D eigenvalue weighted by atomic mass is 15.3. The van der Waals surface area contributed by atoms with Crippen molar-refractivity contribution < 1.29 is 0 Å². The maximum Gasteiger partial charge on any atom is 0.0247 e. The first kappa shape index (κ1) is 19.0. The first-order valence-corrected chi connectivity index (χ1v) is 12.7. The molecule has 4 bridgehead atoms. The van der Waals surface area contributed by atoms with Crippen LogP contribution in [0.2, 0.25) is 0 Å². The zero-order valence-electron chi connectivity index (χ0n) is 18.6. The third kappa shape index (κ3) is 3.04. The molecule has 27 heavy (non-hydrogen) atoms. The van der Waals surface area contributed by atoms with Crippen molar-refractivity contribution >= 4 is 0 Å². The molecule has 154 valence electrons. The van der Waals surface area contributed by atoms with Crippen molar-refractivity contribution in [3.8, 4) is 0 Å². The number of hydrogen-bond donors (Lipinski definition) is 0. The third-order valence-electron chi connectivity index (χ3n) is 10.8. The van der Waals surface area contributed by atoms with Crippen LogP contribution in [0, 0.1) is 28.6 Å². The number of nitrogens with zero attached hydrogens (tertiary/aromatic N) is 1. The highest BCUT2D eigenvalue weighted by Gasteiger charge is 2.72. The molecule has 5 aliphatic rings. The molecule has 3 aliphatic carbocycles. The van der Waals surface area contributed by atoms with Gasteiger partial charge in [-0.15, -0.1) is 0 Å². The molecule has 0 radical (unpaired) electrons. The largest absolute Gasteiger partial charge is 0.294 e. The SMILES string of the molecule is CC12CCCC3C4CCCC(CCCCN4C4(C)CC4(C)C3CCC1)CC2. The topological polar surface area (TPSA) is 3.24 Å². The van der Waals surface area contributed by atoms with E-state index in [2.05, 4.69) is 25.7 Å². The fourth-order valence-electron chi connectivity index (χ4n) is 8.88. The highest BCUT2D eigenvalue weighted by molar-refractivity contribution is 5.25. The summed E-state index contributed by atoms with van der Waals surface area (Å²) < 4.78 is 0. The minimum absolute atomic E-state index is 0.537. The van der Waals surface area contributed by atoms with Crippen LogP contribution in [0.15, 0.2) is 0 Å². The Morgan fingerprint density at radius 1 is 0.704 bits per heavy atom. The monoisotopic (exact) mass is 371 g/mol. The van der Waals surface area contributed by atoms with Gasteiger partial charge in [0.1, 0.15) is 0 Å². The molecule has 0 aromatic carbocycles. The van der Waals surface area contributed by atoms with Gasteiger partial charge in [0.05, 0.1) is 0 Å². The quantitative estimate of drug-likeness (QED) is 0.435. The lowest BCUT2D eigenvalue weighted by Crippen LogP contribution is -2.58. The molecule has 7 atom stereocenters. The van der Waals surface area contributed by atoms with E-state index >= 15 is 0 Å². The van der Waals surface area contributed by atoms with Crippen molar-refractivity contribution in [3.63, 3.8) is 0 Å². The molecule has 0 aromatic heterocycles. The van der Waals surface area contributed by atoms with Crippen LogP contribution < -0.4 is 0 Å². The van der Waals surface area contributed by atoms with E-state index in [9.17, 15) is 0 Å². The summed E-state index contributed by atoms with van der Waals surface area (Å²) in [5.41, 5.74) is 1.81. The van der Waals surface area contributed by atoms with Gasteiger partial charge in [-0.25, -0.2) is 0 Å². The Morgan fingerprint density at radius 2 is 1.48 bits per heavy atom. The molecule has 0 spiro atoms. The number of piperidine rings is 1. The lowest BCUT2D eigenvalue weighted by atomic mass is 9.65. The van der Waals surface area contributed by atoms with E-state index in [1.807, 2.05) is 0 Å². The lowest BCUT2D eigenvalue weighted by Gasteiger charge is -2.53. The van der Waals surface area contributed by atoms with Crippen LogP contribution in [0.1, 0.15) is 117 Å². The van der Waals surface area contributed by atoms with Crippen LogP contribution in [0.25, 0.3) is 0 Å². The maximum absolute atomic E-state index is 3.11. The van der Waals surface area contributed by atoms with Gasteiger partial charge in [-0.2, -0.15) is 0 Å². The molecule has 2 aliphatic heterocycles. The Morgan fingerprint density at radius 3 is 2.33 bits per heavy atom. The highest BCUT2D eigenvalue weighted by Crippen LogP contribution is 2.71. The molecular weight excluding hydrogens is 326 g/mol. The summed E-state index contributed by atoms with van der Waals surface area (Å²) >= 11 is 0. The third-order valence-corrected chi connectivity index (χ3v) is 10.8. The minimum Gasteiger partial charge on any atom is -0.294 e. The molecule has 1 nitrogen and oxygen atoms in total. The summed E-state index contributed by atoms with van der Waals surface area (Å²) in [4.78, 5) is 3.11. The van der Waals surface area contributed by atoms with Crippen LogP contribution in [-0.4, -0.2) is 23.0 Å². The summed E-state index contributed by atoms with van der Waals surface area (Å²) in [7, 11) is 0. The van der Waals surface area contributed by atoms with Gasteiger partial charge in [0.25, 0.3) is 0 Å². The number of rotatable bonds is 0. The fraction of sp³-hybridized carbons (Fsp3) is 1.00. The Hall–Kier alpha value is -0.0400. The van der Waals surface area contributed by atoms with Gasteiger partial charge in [0.15, 0.2) is 0 Å². The Balaban J connectivity index is 1.55. The maximum atomic E-state index is 3.11. The Bertz CT molecular complexity index is 556. The predicted octanol–water partition coefficient (Wildman–Crippen LogP) is 7.20. The van der Waals surface area contributed by atoms with Crippen molar-refractivity contribution in [1.82, 2.24) is 4.90 Å². The molecule has 3 saturated carbocycles. The van der Waals surface area contributed by atoms with E-state index in [0.29, 0.717) is 16.4 Å². The van der Waals surface area contributed by atoms with Gasteiger partial charge in [0, 0.05) is 11.6 Å². The second kappa shape index (κ2) is 6.75. The molecule has 7 unspecified atom stereocenters. The number of fused-ring (bicyclic) bond motifs is 9. The summed E-state index contributed by atoms with van der Waals surface area (Å²) in [6, 6.07) is 0.915. The summed E-state index contributed by atoms with van der Waals surface area (Å²) in [6.45, 7) is 9.44. The number of hydrogen-bond acceptors (Lipinski definition) is 1. The van der Waals surface area contributed by atoms with Crippen LogP contribution in [0.3, 0.4) is 0 Å². The molecule has 5 rings (SSSR count). The summed E-state index contributed by atoms with van der Waals surface area (Å²) in [5.74, 6) is 3.06. The molecule has 2 heterocycles. The molecule has 0 aromatic rings. The minimum atomic E-state index is 0.537. The van der Waals surface area contributed by atoms with Crippen LogP contribution >= 0.6 is 0 Å². The van der Waals surface area contributed by atoms with Crippen molar-refractivity contribution in [2.75, 3.05) is 6.54 Å². The van der Waals surface area contributed by atoms with Crippen LogP contribution in [-0.2, 0) is 0 Å². The fourth-order valence-corrected chi connectivity index (χ4v) is 8.88. The molecule has 0 amide bonds. The average Bonchev–Trinajstić information content (AvgIpc) is 3.18. The van der Waals surface area contributed by atoms with Crippen molar-refractivity contribution in [1.29, 1.82) is 0 Å². The van der Waals surface area contributed by atoms with E-state index in [1.54, 1.807) is 6.42 Å². The summed E-state index contributed by atoms with van der Waals surface area (Å²) in [5, 5.41) is 0. The van der Waals surface area contributed by atoms with Gasteiger partial charge >= 0.3 is 0 Å². The lowest BCUT2D eigenvalue weighted by molar-refractivity contribution is -0.0463. The van der Waals surface area contributed by atoms with Gasteiger partial charge in [0.2, 0.25) is 0 Å². The molecule has 0 N–H and O–H groups in total. The van der Waals surface area contributed by atoms with E-state index in [0.717, 1.165) is 23.8 Å². The van der Waals surface area contributed by atoms with E-state index in [1.165, 1.54) is 96.4 Å². The molecule has 1 heteroatoms. The van der Waals surface area contributed by atoms with Crippen molar-refractivity contribution in [2.24, 2.45) is 28.6 Å². The van der Waals surface area contributed by atoms with E-state index < -0.39 is 0 Å². The zero-order chi connectivity index (χ0) is 18.7. The van der Waals surface area contributed by atoms with Crippen molar-refractivity contribution in [2.45, 2.75) is 129 Å². The van der Waals surface area contributed by atoms with Crippen LogP contribution in [0.5, 0.6) is 0 Å². The van der Waals surface area contributed by atoms with Gasteiger partial charge in [-0.3, -0.25) is 4.90 Å². The smallest absolute Gasteiger partial charge is 0.0247 e. The zero-order valence-corrected chi connectivity index (χ0v) is 18.6. The van der Waals surface area contributed by atoms with Gasteiger partial charge in [-0.05, 0) is 99.8 Å². The first-order valence-electron chi connectivity index (χ1n) is 12.7. The second-order valence-corrected chi connectivity index (χ2v) is 12.3. The van der Waals surface area contributed by atoms with Crippen LogP contribution in [0.4, 0.5) is 0 Å². The molecule has 2 saturated heterocycles. The molecule has 5 fully saturated rings. The van der Waals surface area contributed by atoms with Gasteiger partial charge < -0.3 is 0 Å². The second-order valence-electron chi connectivity index (χ2n) is 12.3. The van der Waals surface area contributed by atoms with Gasteiger partial charge in [-0.1, -0.05) is 52.4 Å². The average molecular weight is 372 g/mol. The van der Waals surface area contributed by atoms with E-state index in [-0.39, 0.29) is 0 Å². The van der Waals surface area contributed by atoms with Crippen molar-refractivity contribution in [3.05, 3.63) is 0 Å². The predicted molar refractivity (Wildman–Crippen MR) is 115 cm³/mol. The Kier molecular flexibility index (Phi) is 4.74. The molecular formula is C26H45N. The standard InChI is InChI=1S/C26H45N/c1-24-15-7-11-21-22(12-8-16-24)25(2)19-26(25,3)27-18-5-4-9-20(14-17-24)10-6-13-23(21)27/h20-23H,4-19H2,1-3H3. The Labute approximate surface area is 169 Å². The summed E-state index contributed by atoms with van der Waals surface area (Å²) in [6.07, 6.45) is 22.7. The first-order chi connectivity index (χ1) is 13.0. The normalized spacial score (nSPS) is 53.9.